The Morgan fingerprint density at radius 3 is 2.58 bits per heavy atom. The van der Waals surface area contributed by atoms with Gasteiger partial charge in [0.2, 0.25) is 0 Å². The highest BCUT2D eigenvalue weighted by Gasteiger charge is 2.31. The number of rotatable bonds is 4. The van der Waals surface area contributed by atoms with E-state index in [1.165, 1.54) is 13.2 Å². The first-order chi connectivity index (χ1) is 11.4. The zero-order valence-corrected chi connectivity index (χ0v) is 13.8. The first-order valence-corrected chi connectivity index (χ1v) is 7.96. The molecule has 0 unspecified atom stereocenters. The zero-order valence-electron chi connectivity index (χ0n) is 13.8. The highest BCUT2D eigenvalue weighted by atomic mass is 19.4. The highest BCUT2D eigenvalue weighted by molar-refractivity contribution is 5.81. The third-order valence-electron chi connectivity index (χ3n) is 4.14. The van der Waals surface area contributed by atoms with Gasteiger partial charge < -0.3 is 14.5 Å². The maximum Gasteiger partial charge on any atom is 0.417 e. The molecule has 0 aliphatic carbocycles. The number of nitrogens with zero attached hydrogens (tertiary/aromatic N) is 3. The molecule has 0 spiro atoms. The molecule has 2 rings (SSSR count). The predicted molar refractivity (Wildman–Crippen MR) is 83.7 cm³/mol. The summed E-state index contributed by atoms with van der Waals surface area (Å²) in [5.74, 6) is 0.457. The van der Waals surface area contributed by atoms with Crippen LogP contribution in [0.25, 0.3) is 0 Å². The van der Waals surface area contributed by atoms with Gasteiger partial charge in [-0.05, 0) is 25.0 Å². The first kappa shape index (κ1) is 18.5. The van der Waals surface area contributed by atoms with E-state index in [1.54, 1.807) is 4.90 Å². The standard InChI is InChI=1S/C16H22F3N3O2/c1-3-13(24-2)15(23)22-8-4-7-21(9-10-22)14-6-5-12(11-20-14)16(17,18)19/h5-6,11,13H,3-4,7-10H2,1-2H3/t13-/m0/s1. The van der Waals surface area contributed by atoms with Gasteiger partial charge in [-0.15, -0.1) is 0 Å². The summed E-state index contributed by atoms with van der Waals surface area (Å²) in [5, 5.41) is 0. The topological polar surface area (TPSA) is 45.7 Å². The van der Waals surface area contributed by atoms with Gasteiger partial charge in [0.15, 0.2) is 0 Å². The van der Waals surface area contributed by atoms with Gasteiger partial charge in [-0.3, -0.25) is 4.79 Å². The second-order valence-corrected chi connectivity index (χ2v) is 5.70. The van der Waals surface area contributed by atoms with E-state index in [4.69, 9.17) is 4.74 Å². The van der Waals surface area contributed by atoms with Crippen LogP contribution in [-0.2, 0) is 15.7 Å². The maximum atomic E-state index is 12.6. The molecular formula is C16H22F3N3O2. The summed E-state index contributed by atoms with van der Waals surface area (Å²) in [6.07, 6.45) is -2.64. The van der Waals surface area contributed by atoms with Crippen LogP contribution in [0.15, 0.2) is 18.3 Å². The quantitative estimate of drug-likeness (QED) is 0.841. The Hall–Kier alpha value is -1.83. The van der Waals surface area contributed by atoms with E-state index in [2.05, 4.69) is 4.98 Å². The minimum Gasteiger partial charge on any atom is -0.372 e. The molecule has 8 heteroatoms. The van der Waals surface area contributed by atoms with Crippen molar-refractivity contribution in [2.24, 2.45) is 0 Å². The molecule has 134 valence electrons. The van der Waals surface area contributed by atoms with Crippen LogP contribution in [-0.4, -0.2) is 55.2 Å². The van der Waals surface area contributed by atoms with Crippen LogP contribution in [0.1, 0.15) is 25.3 Å². The number of anilines is 1. The number of methoxy groups -OCH3 is 1. The van der Waals surface area contributed by atoms with E-state index in [0.29, 0.717) is 38.4 Å². The van der Waals surface area contributed by atoms with Gasteiger partial charge in [0, 0.05) is 39.5 Å². The van der Waals surface area contributed by atoms with Crippen molar-refractivity contribution in [1.29, 1.82) is 0 Å². The van der Waals surface area contributed by atoms with Gasteiger partial charge in [-0.25, -0.2) is 4.98 Å². The molecular weight excluding hydrogens is 323 g/mol. The van der Waals surface area contributed by atoms with Gasteiger partial charge in [0.1, 0.15) is 11.9 Å². The number of ether oxygens (including phenoxy) is 1. The molecule has 5 nitrogen and oxygen atoms in total. The first-order valence-electron chi connectivity index (χ1n) is 7.96. The molecule has 2 heterocycles. The van der Waals surface area contributed by atoms with Crippen LogP contribution in [0.3, 0.4) is 0 Å². The summed E-state index contributed by atoms with van der Waals surface area (Å²) >= 11 is 0. The normalized spacial score (nSPS) is 17.5. The number of hydrogen-bond acceptors (Lipinski definition) is 4. The van der Waals surface area contributed by atoms with Crippen molar-refractivity contribution >= 4 is 11.7 Å². The van der Waals surface area contributed by atoms with E-state index in [-0.39, 0.29) is 5.91 Å². The Bertz CT molecular complexity index is 544. The molecule has 1 aliphatic heterocycles. The van der Waals surface area contributed by atoms with Crippen LogP contribution in [0.4, 0.5) is 19.0 Å². The van der Waals surface area contributed by atoms with Crippen LogP contribution in [0.5, 0.6) is 0 Å². The molecule has 0 N–H and O–H groups in total. The van der Waals surface area contributed by atoms with Crippen molar-refractivity contribution in [3.05, 3.63) is 23.9 Å². The molecule has 1 amide bonds. The van der Waals surface area contributed by atoms with Gasteiger partial charge in [0.05, 0.1) is 5.56 Å². The largest absolute Gasteiger partial charge is 0.417 e. The molecule has 0 radical (unpaired) electrons. The summed E-state index contributed by atoms with van der Waals surface area (Å²) in [6, 6.07) is 2.42. The molecule has 0 aromatic carbocycles. The lowest BCUT2D eigenvalue weighted by Gasteiger charge is -2.25. The molecule has 0 saturated carbocycles. The number of aromatic nitrogens is 1. The van der Waals surface area contributed by atoms with Gasteiger partial charge in [0.25, 0.3) is 5.91 Å². The highest BCUT2D eigenvalue weighted by Crippen LogP contribution is 2.29. The van der Waals surface area contributed by atoms with Crippen LogP contribution in [0, 0.1) is 0 Å². The lowest BCUT2D eigenvalue weighted by atomic mass is 10.2. The van der Waals surface area contributed by atoms with Crippen molar-refractivity contribution in [3.63, 3.8) is 0 Å². The summed E-state index contributed by atoms with van der Waals surface area (Å²) < 4.78 is 43.0. The number of carbonyl (C=O) groups is 1. The summed E-state index contributed by atoms with van der Waals surface area (Å²) in [5.41, 5.74) is -0.760. The Kier molecular flexibility index (Phi) is 6.04. The number of pyridine rings is 1. The van der Waals surface area contributed by atoms with E-state index >= 15 is 0 Å². The van der Waals surface area contributed by atoms with Gasteiger partial charge >= 0.3 is 6.18 Å². The number of carbonyl (C=O) groups excluding carboxylic acids is 1. The lowest BCUT2D eigenvalue weighted by Crippen LogP contribution is -2.42. The minimum atomic E-state index is -4.39. The predicted octanol–water partition coefficient (Wildman–Crippen LogP) is 2.56. The number of hydrogen-bond donors (Lipinski definition) is 0. The SMILES string of the molecule is CC[C@H](OC)C(=O)N1CCCN(c2ccc(C(F)(F)F)cn2)CC1. The van der Waals surface area contributed by atoms with Crippen molar-refractivity contribution in [2.75, 3.05) is 38.2 Å². The smallest absolute Gasteiger partial charge is 0.372 e. The molecule has 24 heavy (non-hydrogen) atoms. The Morgan fingerprint density at radius 1 is 1.29 bits per heavy atom. The van der Waals surface area contributed by atoms with Crippen molar-refractivity contribution in [3.8, 4) is 0 Å². The number of halogens is 3. The third kappa shape index (κ3) is 4.37. The maximum absolute atomic E-state index is 12.6. The van der Waals surface area contributed by atoms with Crippen molar-refractivity contribution in [1.82, 2.24) is 9.88 Å². The molecule has 1 aliphatic rings. The monoisotopic (exact) mass is 345 g/mol. The van der Waals surface area contributed by atoms with Crippen LogP contribution < -0.4 is 4.90 Å². The second-order valence-electron chi connectivity index (χ2n) is 5.70. The van der Waals surface area contributed by atoms with Crippen LogP contribution in [0.2, 0.25) is 0 Å². The van der Waals surface area contributed by atoms with E-state index in [0.717, 1.165) is 18.7 Å². The zero-order chi connectivity index (χ0) is 17.7. The summed E-state index contributed by atoms with van der Waals surface area (Å²) in [4.78, 5) is 19.9. The molecule has 1 saturated heterocycles. The van der Waals surface area contributed by atoms with E-state index < -0.39 is 17.8 Å². The average molecular weight is 345 g/mol. The van der Waals surface area contributed by atoms with Gasteiger partial charge in [-0.1, -0.05) is 6.92 Å². The molecule has 0 bridgehead atoms. The average Bonchev–Trinajstić information content (AvgIpc) is 2.81. The van der Waals surface area contributed by atoms with Crippen molar-refractivity contribution in [2.45, 2.75) is 32.0 Å². The second kappa shape index (κ2) is 7.83. The van der Waals surface area contributed by atoms with Gasteiger partial charge in [-0.2, -0.15) is 13.2 Å². The Balaban J connectivity index is 2.01. The number of alkyl halides is 3. The fourth-order valence-electron chi connectivity index (χ4n) is 2.75. The fourth-order valence-corrected chi connectivity index (χ4v) is 2.75. The molecule has 1 aromatic heterocycles. The van der Waals surface area contributed by atoms with E-state index in [1.807, 2.05) is 11.8 Å². The van der Waals surface area contributed by atoms with Crippen LogP contribution >= 0.6 is 0 Å². The van der Waals surface area contributed by atoms with Crippen molar-refractivity contribution < 1.29 is 22.7 Å². The fraction of sp³-hybridized carbons (Fsp3) is 0.625. The molecule has 1 atom stereocenters. The molecule has 1 fully saturated rings. The summed E-state index contributed by atoms with van der Waals surface area (Å²) in [7, 11) is 1.52. The lowest BCUT2D eigenvalue weighted by molar-refractivity contribution is -0.142. The molecule has 1 aromatic rings. The summed E-state index contributed by atoms with van der Waals surface area (Å²) in [6.45, 7) is 4.18. The minimum absolute atomic E-state index is 0.0396. The Morgan fingerprint density at radius 2 is 2.04 bits per heavy atom. The van der Waals surface area contributed by atoms with E-state index in [9.17, 15) is 18.0 Å². The Labute approximate surface area is 139 Å². The number of amides is 1. The third-order valence-corrected chi connectivity index (χ3v) is 4.14.